The van der Waals surface area contributed by atoms with E-state index >= 15 is 0 Å². The monoisotopic (exact) mass is 342 g/mol. The van der Waals surface area contributed by atoms with Crippen LogP contribution in [0, 0.1) is 5.82 Å². The Bertz CT molecular complexity index is 730. The minimum Gasteiger partial charge on any atom is -0.483 e. The predicted molar refractivity (Wildman–Crippen MR) is 97.6 cm³/mol. The smallest absolute Gasteiger partial charge is 0.483 e. The number of hydrogen-bond acceptors (Lipinski definition) is 3. The second-order valence-corrected chi connectivity index (χ2v) is 7.45. The molecule has 0 spiro atoms. The Morgan fingerprint density at radius 2 is 1.56 bits per heavy atom. The lowest BCUT2D eigenvalue weighted by atomic mass is 9.79. The zero-order valence-electron chi connectivity index (χ0n) is 15.4. The van der Waals surface area contributed by atoms with Gasteiger partial charge in [0.05, 0.1) is 11.2 Å². The van der Waals surface area contributed by atoms with Crippen LogP contribution in [0.2, 0.25) is 0 Å². The van der Waals surface area contributed by atoms with Crippen molar-refractivity contribution in [3.05, 3.63) is 59.9 Å². The van der Waals surface area contributed by atoms with E-state index in [4.69, 9.17) is 14.0 Å². The summed E-state index contributed by atoms with van der Waals surface area (Å²) in [4.78, 5) is 0. The van der Waals surface area contributed by atoms with Crippen LogP contribution >= 0.6 is 0 Å². The first-order valence-electron chi connectivity index (χ1n) is 8.56. The van der Waals surface area contributed by atoms with Crippen molar-refractivity contribution in [1.82, 2.24) is 0 Å². The van der Waals surface area contributed by atoms with E-state index in [-0.39, 0.29) is 11.9 Å². The van der Waals surface area contributed by atoms with Gasteiger partial charge in [-0.3, -0.25) is 0 Å². The van der Waals surface area contributed by atoms with Gasteiger partial charge in [0, 0.05) is 0 Å². The van der Waals surface area contributed by atoms with Gasteiger partial charge >= 0.3 is 7.12 Å². The average molecular weight is 342 g/mol. The van der Waals surface area contributed by atoms with Gasteiger partial charge in [0.25, 0.3) is 0 Å². The van der Waals surface area contributed by atoms with E-state index < -0.39 is 24.1 Å². The van der Waals surface area contributed by atoms with E-state index in [1.807, 2.05) is 65.0 Å². The van der Waals surface area contributed by atoms with Gasteiger partial charge in [0.2, 0.25) is 0 Å². The van der Waals surface area contributed by atoms with Crippen LogP contribution < -0.4 is 10.2 Å². The van der Waals surface area contributed by atoms with Crippen molar-refractivity contribution in [2.45, 2.75) is 51.9 Å². The van der Waals surface area contributed by atoms with E-state index in [0.717, 1.165) is 5.56 Å². The highest BCUT2D eigenvalue weighted by Crippen LogP contribution is 2.36. The highest BCUT2D eigenvalue weighted by atomic mass is 19.1. The van der Waals surface area contributed by atoms with Crippen LogP contribution in [0.5, 0.6) is 5.75 Å². The lowest BCUT2D eigenvalue weighted by molar-refractivity contribution is 0.00578. The summed E-state index contributed by atoms with van der Waals surface area (Å²) in [7, 11) is -0.583. The lowest BCUT2D eigenvalue weighted by Crippen LogP contribution is -2.41. The second kappa shape index (κ2) is 6.47. The normalized spacial score (nSPS) is 19.7. The number of halogens is 1. The Labute approximate surface area is 149 Å². The molecule has 1 fully saturated rings. The molecular formula is C20H24BFO3. The molecule has 0 aliphatic carbocycles. The Kier molecular flexibility index (Phi) is 4.65. The summed E-state index contributed by atoms with van der Waals surface area (Å²) in [5.74, 6) is -0.202. The van der Waals surface area contributed by atoms with E-state index in [1.165, 1.54) is 6.07 Å². The average Bonchev–Trinajstić information content (AvgIpc) is 2.78. The minimum atomic E-state index is -0.583. The summed E-state index contributed by atoms with van der Waals surface area (Å²) >= 11 is 0. The molecule has 132 valence electrons. The molecule has 3 rings (SSSR count). The van der Waals surface area contributed by atoms with Gasteiger partial charge < -0.3 is 14.0 Å². The van der Waals surface area contributed by atoms with Gasteiger partial charge in [-0.1, -0.05) is 36.4 Å². The third-order valence-electron chi connectivity index (χ3n) is 5.05. The van der Waals surface area contributed by atoms with Crippen molar-refractivity contribution < 1.29 is 18.4 Å². The molecule has 0 aromatic heterocycles. The van der Waals surface area contributed by atoms with E-state index in [9.17, 15) is 4.39 Å². The molecule has 3 nitrogen and oxygen atoms in total. The fraction of sp³-hybridized carbons (Fsp3) is 0.400. The molecule has 0 bridgehead atoms. The zero-order chi connectivity index (χ0) is 18.2. The van der Waals surface area contributed by atoms with Gasteiger partial charge in [-0.15, -0.1) is 0 Å². The molecule has 0 saturated carbocycles. The van der Waals surface area contributed by atoms with Crippen molar-refractivity contribution >= 4 is 12.6 Å². The summed E-state index contributed by atoms with van der Waals surface area (Å²) in [6.45, 7) is 9.80. The molecule has 0 amide bonds. The Morgan fingerprint density at radius 3 is 2.12 bits per heavy atom. The van der Waals surface area contributed by atoms with Crippen LogP contribution in [0.25, 0.3) is 0 Å². The van der Waals surface area contributed by atoms with Gasteiger partial charge in [-0.25, -0.2) is 4.39 Å². The van der Waals surface area contributed by atoms with Crippen LogP contribution in [0.1, 0.15) is 46.3 Å². The molecule has 2 aromatic rings. The van der Waals surface area contributed by atoms with Crippen LogP contribution in [0.4, 0.5) is 4.39 Å². The topological polar surface area (TPSA) is 27.7 Å². The first-order valence-corrected chi connectivity index (χ1v) is 8.56. The van der Waals surface area contributed by atoms with E-state index in [1.54, 1.807) is 12.1 Å². The molecular weight excluding hydrogens is 318 g/mol. The van der Waals surface area contributed by atoms with Gasteiger partial charge in [0.15, 0.2) is 11.6 Å². The van der Waals surface area contributed by atoms with Crippen LogP contribution in [-0.2, 0) is 9.31 Å². The summed E-state index contributed by atoms with van der Waals surface area (Å²) in [5, 5.41) is 0. The van der Waals surface area contributed by atoms with Gasteiger partial charge in [0.1, 0.15) is 6.10 Å². The maximum atomic E-state index is 14.5. The Balaban J connectivity index is 1.76. The first kappa shape index (κ1) is 18.0. The maximum Gasteiger partial charge on any atom is 0.494 e. The highest BCUT2D eigenvalue weighted by molar-refractivity contribution is 6.62. The number of benzene rings is 2. The van der Waals surface area contributed by atoms with E-state index in [2.05, 4.69) is 0 Å². The van der Waals surface area contributed by atoms with Crippen LogP contribution in [0.3, 0.4) is 0 Å². The SMILES string of the molecule is C[C@H](Oc1ccc(B2OC(C)(C)C(C)(C)O2)cc1F)c1ccccc1. The Morgan fingerprint density at radius 1 is 0.960 bits per heavy atom. The molecule has 1 aliphatic rings. The van der Waals surface area contributed by atoms with Crippen molar-refractivity contribution in [3.8, 4) is 5.75 Å². The third-order valence-corrected chi connectivity index (χ3v) is 5.05. The molecule has 1 saturated heterocycles. The fourth-order valence-corrected chi connectivity index (χ4v) is 2.72. The molecule has 25 heavy (non-hydrogen) atoms. The molecule has 0 radical (unpaired) electrons. The zero-order valence-corrected chi connectivity index (χ0v) is 15.4. The Hall–Kier alpha value is -1.85. The minimum absolute atomic E-state index is 0.219. The third kappa shape index (κ3) is 3.58. The van der Waals surface area contributed by atoms with Crippen molar-refractivity contribution in [1.29, 1.82) is 0 Å². The van der Waals surface area contributed by atoms with Crippen molar-refractivity contribution in [3.63, 3.8) is 0 Å². The number of hydrogen-bond donors (Lipinski definition) is 0. The van der Waals surface area contributed by atoms with Crippen molar-refractivity contribution in [2.75, 3.05) is 0 Å². The van der Waals surface area contributed by atoms with Gasteiger partial charge in [-0.05, 0) is 57.8 Å². The molecule has 2 aromatic carbocycles. The standard InChI is InChI=1S/C20H24BFO3/c1-14(15-9-7-6-8-10-15)23-18-12-11-16(13-17(18)22)21-24-19(2,3)20(4,5)25-21/h6-14H,1-5H3/t14-/m0/s1. The molecule has 1 aliphatic heterocycles. The first-order chi connectivity index (χ1) is 11.7. The summed E-state index contributed by atoms with van der Waals surface area (Å²) < 4.78 is 32.2. The fourth-order valence-electron chi connectivity index (χ4n) is 2.72. The second-order valence-electron chi connectivity index (χ2n) is 7.45. The lowest BCUT2D eigenvalue weighted by Gasteiger charge is -2.32. The molecule has 0 unspecified atom stereocenters. The molecule has 1 heterocycles. The maximum absolute atomic E-state index is 14.5. The van der Waals surface area contributed by atoms with Crippen LogP contribution in [0.15, 0.2) is 48.5 Å². The predicted octanol–water partition coefficient (Wildman–Crippen LogP) is 4.26. The summed E-state index contributed by atoms with van der Waals surface area (Å²) in [6, 6.07) is 14.6. The van der Waals surface area contributed by atoms with Crippen molar-refractivity contribution in [2.24, 2.45) is 0 Å². The van der Waals surface area contributed by atoms with E-state index in [0.29, 0.717) is 5.46 Å². The summed E-state index contributed by atoms with van der Waals surface area (Å²) in [5.41, 5.74) is 0.740. The molecule has 5 heteroatoms. The highest BCUT2D eigenvalue weighted by Gasteiger charge is 2.51. The number of rotatable bonds is 4. The quantitative estimate of drug-likeness (QED) is 0.777. The molecule has 0 N–H and O–H groups in total. The van der Waals surface area contributed by atoms with Crippen LogP contribution in [-0.4, -0.2) is 18.3 Å². The van der Waals surface area contributed by atoms with Gasteiger partial charge in [-0.2, -0.15) is 0 Å². The summed E-state index contributed by atoms with van der Waals surface area (Å²) in [6.07, 6.45) is -0.238. The molecule has 1 atom stereocenters. The largest absolute Gasteiger partial charge is 0.494 e. The number of ether oxygens (including phenoxy) is 1.